The molecule has 2 heterocycles. The van der Waals surface area contributed by atoms with E-state index in [0.29, 0.717) is 25.7 Å². The van der Waals surface area contributed by atoms with Gasteiger partial charge in [0, 0.05) is 63.5 Å². The molecule has 2 fully saturated rings. The van der Waals surface area contributed by atoms with Crippen LogP contribution in [0.1, 0.15) is 43.0 Å². The Morgan fingerprint density at radius 3 is 0.765 bits per heavy atom. The van der Waals surface area contributed by atoms with Gasteiger partial charge < -0.3 is 31.1 Å². The number of rotatable bonds is 18. The molecule has 0 aliphatic carbocycles. The molecular formula is C52H52F4N6O6. The molecule has 0 spiro atoms. The van der Waals surface area contributed by atoms with E-state index in [1.807, 2.05) is 0 Å². The van der Waals surface area contributed by atoms with Crippen molar-refractivity contribution in [2.24, 2.45) is 23.7 Å². The lowest BCUT2D eigenvalue weighted by Crippen LogP contribution is -2.42. The second kappa shape index (κ2) is 22.9. The first-order chi connectivity index (χ1) is 32.8. The highest BCUT2D eigenvalue weighted by Crippen LogP contribution is 2.28. The summed E-state index contributed by atoms with van der Waals surface area (Å²) < 4.78 is 53.7. The van der Waals surface area contributed by atoms with E-state index in [0.717, 1.165) is 22.3 Å². The Hall–Kier alpha value is -7.36. The van der Waals surface area contributed by atoms with Crippen LogP contribution in [0.4, 0.5) is 17.6 Å². The molecule has 354 valence electrons. The maximum atomic E-state index is 14.0. The molecule has 2 unspecified atom stereocenters. The molecule has 0 saturated carbocycles. The van der Waals surface area contributed by atoms with Crippen molar-refractivity contribution < 1.29 is 46.3 Å². The van der Waals surface area contributed by atoms with Crippen molar-refractivity contribution in [1.29, 1.82) is 0 Å². The molecule has 4 N–H and O–H groups in total. The number of benzene rings is 5. The van der Waals surface area contributed by atoms with E-state index in [1.54, 1.807) is 48.5 Å². The first kappa shape index (κ1) is 48.6. The fourth-order valence-corrected chi connectivity index (χ4v) is 8.57. The monoisotopic (exact) mass is 932 g/mol. The Labute approximate surface area is 391 Å². The zero-order chi connectivity index (χ0) is 48.2. The molecule has 5 aromatic rings. The average Bonchev–Trinajstić information content (AvgIpc) is 4.01. The highest BCUT2D eigenvalue weighted by Gasteiger charge is 2.45. The highest BCUT2D eigenvalue weighted by atomic mass is 19.1. The highest BCUT2D eigenvalue weighted by molar-refractivity contribution is 6.00. The van der Waals surface area contributed by atoms with E-state index in [-0.39, 0.29) is 86.8 Å². The molecule has 2 aliphatic rings. The van der Waals surface area contributed by atoms with Crippen LogP contribution in [-0.4, -0.2) is 97.6 Å². The zero-order valence-corrected chi connectivity index (χ0v) is 37.2. The lowest BCUT2D eigenvalue weighted by molar-refractivity contribution is -0.132. The number of nitrogens with one attached hydrogen (secondary N) is 4. The molecule has 2 aliphatic heterocycles. The molecule has 2 saturated heterocycles. The normalized spacial score (nSPS) is 17.6. The van der Waals surface area contributed by atoms with Gasteiger partial charge in [0.25, 0.3) is 11.8 Å². The number of halogens is 4. The minimum atomic E-state index is -0.893. The Morgan fingerprint density at radius 1 is 0.353 bits per heavy atom. The van der Waals surface area contributed by atoms with E-state index in [9.17, 15) is 46.3 Å². The van der Waals surface area contributed by atoms with E-state index < -0.39 is 59.1 Å². The summed E-state index contributed by atoms with van der Waals surface area (Å²) in [5.74, 6) is -7.72. The average molecular weight is 933 g/mol. The van der Waals surface area contributed by atoms with Crippen molar-refractivity contribution in [1.82, 2.24) is 31.1 Å². The molecule has 12 nitrogen and oxygen atoms in total. The number of nitrogens with zero attached hydrogens (tertiary/aromatic N) is 2. The smallest absolute Gasteiger partial charge is 0.253 e. The van der Waals surface area contributed by atoms with Gasteiger partial charge in [-0.15, -0.1) is 0 Å². The summed E-state index contributed by atoms with van der Waals surface area (Å²) in [5, 5.41) is 11.4. The van der Waals surface area contributed by atoms with Gasteiger partial charge in [-0.3, -0.25) is 28.8 Å². The summed E-state index contributed by atoms with van der Waals surface area (Å²) in [5.41, 5.74) is 3.62. The predicted octanol–water partition coefficient (Wildman–Crippen LogP) is 5.06. The quantitative estimate of drug-likeness (QED) is 0.0902. The predicted molar refractivity (Wildman–Crippen MR) is 245 cm³/mol. The van der Waals surface area contributed by atoms with Crippen LogP contribution < -0.4 is 21.3 Å². The van der Waals surface area contributed by atoms with Crippen LogP contribution in [0.3, 0.4) is 0 Å². The second-order valence-corrected chi connectivity index (χ2v) is 17.1. The van der Waals surface area contributed by atoms with Gasteiger partial charge in [0.05, 0.1) is 23.7 Å². The van der Waals surface area contributed by atoms with Gasteiger partial charge in [0.2, 0.25) is 23.6 Å². The SMILES string of the molecule is O=C(NCCc1ccc(F)cc1)C1CN(C(=O)c2ccc(C(=O)N3C[C@H](C(=O)NCCc4ccc(F)cc4)[C@@H](C(=O)NCCc4ccc(F)cc4)C3)cc2)CC1C(=O)NCCc1ccc(F)cc1. The number of carbonyl (C=O) groups is 6. The van der Waals surface area contributed by atoms with E-state index >= 15 is 0 Å². The molecule has 6 amide bonds. The minimum Gasteiger partial charge on any atom is -0.355 e. The van der Waals surface area contributed by atoms with Crippen LogP contribution in [-0.2, 0) is 44.9 Å². The van der Waals surface area contributed by atoms with Gasteiger partial charge in [-0.25, -0.2) is 17.6 Å². The second-order valence-electron chi connectivity index (χ2n) is 17.1. The zero-order valence-electron chi connectivity index (χ0n) is 37.2. The van der Waals surface area contributed by atoms with Crippen molar-refractivity contribution in [3.05, 3.63) is 178 Å². The Balaban J connectivity index is 0.992. The molecule has 5 aromatic carbocycles. The Bertz CT molecular complexity index is 2240. The summed E-state index contributed by atoms with van der Waals surface area (Å²) in [7, 11) is 0. The molecule has 0 bridgehead atoms. The van der Waals surface area contributed by atoms with E-state index in [1.165, 1.54) is 82.6 Å². The van der Waals surface area contributed by atoms with Gasteiger partial charge in [0.15, 0.2) is 0 Å². The van der Waals surface area contributed by atoms with Crippen molar-refractivity contribution in [3.8, 4) is 0 Å². The van der Waals surface area contributed by atoms with Crippen molar-refractivity contribution in [3.63, 3.8) is 0 Å². The number of amides is 6. The van der Waals surface area contributed by atoms with Gasteiger partial charge in [0.1, 0.15) is 23.3 Å². The third kappa shape index (κ3) is 13.0. The van der Waals surface area contributed by atoms with Crippen LogP contribution in [0.2, 0.25) is 0 Å². The first-order valence-corrected chi connectivity index (χ1v) is 22.6. The number of likely N-dealkylation sites (tertiary alicyclic amines) is 2. The van der Waals surface area contributed by atoms with Gasteiger partial charge >= 0.3 is 0 Å². The van der Waals surface area contributed by atoms with Crippen molar-refractivity contribution in [2.75, 3.05) is 52.4 Å². The van der Waals surface area contributed by atoms with Crippen LogP contribution in [0, 0.1) is 46.9 Å². The third-order valence-corrected chi connectivity index (χ3v) is 12.4. The Kier molecular flexibility index (Phi) is 16.4. The molecule has 16 heteroatoms. The van der Waals surface area contributed by atoms with Gasteiger partial charge in [-0.05, 0) is 121 Å². The fourth-order valence-electron chi connectivity index (χ4n) is 8.57. The van der Waals surface area contributed by atoms with Gasteiger partial charge in [-0.2, -0.15) is 0 Å². The Morgan fingerprint density at radius 2 is 0.559 bits per heavy atom. The maximum Gasteiger partial charge on any atom is 0.253 e. The molecule has 0 radical (unpaired) electrons. The van der Waals surface area contributed by atoms with Gasteiger partial charge in [-0.1, -0.05) is 48.5 Å². The summed E-state index contributed by atoms with van der Waals surface area (Å²) in [6, 6.07) is 29.4. The standard InChI is InChI=1S/C52H52F4N6O6/c53-39-13-1-33(2-14-39)21-25-57-47(63)43-29-61(30-44(43)48(64)58-26-22-34-3-15-40(54)16-4-34)51(67)37-9-11-38(12-10-37)52(68)62-31-45(49(65)59-27-23-35-5-17-41(55)18-6-35)46(32-62)50(66)60-28-24-36-7-19-42(56)20-8-36/h1-20,43-46H,21-32H2,(H,57,63)(H,58,64)(H,59,65)(H,60,66)/t43-,44-,45?,46?/m0/s1. The van der Waals surface area contributed by atoms with Crippen LogP contribution in [0.25, 0.3) is 0 Å². The molecule has 4 atom stereocenters. The van der Waals surface area contributed by atoms with Crippen molar-refractivity contribution >= 4 is 35.4 Å². The van der Waals surface area contributed by atoms with E-state index in [4.69, 9.17) is 0 Å². The molecule has 68 heavy (non-hydrogen) atoms. The third-order valence-electron chi connectivity index (χ3n) is 12.4. The van der Waals surface area contributed by atoms with Crippen LogP contribution >= 0.6 is 0 Å². The lowest BCUT2D eigenvalue weighted by Gasteiger charge is -2.18. The van der Waals surface area contributed by atoms with Crippen LogP contribution in [0.5, 0.6) is 0 Å². The summed E-state index contributed by atoms with van der Waals surface area (Å²) in [6.07, 6.45) is 1.66. The molecule has 7 rings (SSSR count). The summed E-state index contributed by atoms with van der Waals surface area (Å²) in [6.45, 7) is 0.606. The number of hydrogen-bond acceptors (Lipinski definition) is 6. The lowest BCUT2D eigenvalue weighted by atomic mass is 9.94. The minimum absolute atomic E-state index is 0.0631. The molecule has 0 aromatic heterocycles. The molecular weight excluding hydrogens is 881 g/mol. The topological polar surface area (TPSA) is 157 Å². The fraction of sp³-hybridized carbons (Fsp3) is 0.308. The van der Waals surface area contributed by atoms with E-state index in [2.05, 4.69) is 21.3 Å². The number of hydrogen-bond donors (Lipinski definition) is 4. The summed E-state index contributed by atoms with van der Waals surface area (Å²) in [4.78, 5) is 85.3. The van der Waals surface area contributed by atoms with Crippen molar-refractivity contribution in [2.45, 2.75) is 25.7 Å². The first-order valence-electron chi connectivity index (χ1n) is 22.6. The van der Waals surface area contributed by atoms with Crippen LogP contribution in [0.15, 0.2) is 121 Å². The maximum absolute atomic E-state index is 14.0. The summed E-state index contributed by atoms with van der Waals surface area (Å²) >= 11 is 0. The number of carbonyl (C=O) groups excluding carboxylic acids is 6. The largest absolute Gasteiger partial charge is 0.355 e.